The summed E-state index contributed by atoms with van der Waals surface area (Å²) in [6, 6.07) is 2.10. The maximum atomic E-state index is 11.9. The van der Waals surface area contributed by atoms with E-state index in [2.05, 4.69) is 11.0 Å². The van der Waals surface area contributed by atoms with Crippen molar-refractivity contribution >= 4 is 17.6 Å². The SMILES string of the molecule is O=C(O)CC1CC(=O)Oc2c1cc1c3c2CCCN3CCC1. The van der Waals surface area contributed by atoms with Crippen LogP contribution in [0.3, 0.4) is 0 Å². The summed E-state index contributed by atoms with van der Waals surface area (Å²) >= 11 is 0. The predicted molar refractivity (Wildman–Crippen MR) is 80.5 cm³/mol. The van der Waals surface area contributed by atoms with Crippen molar-refractivity contribution in [1.29, 1.82) is 0 Å². The van der Waals surface area contributed by atoms with Gasteiger partial charge in [-0.1, -0.05) is 0 Å². The van der Waals surface area contributed by atoms with Gasteiger partial charge in [-0.3, -0.25) is 9.59 Å². The second kappa shape index (κ2) is 5.00. The number of fused-ring (bicyclic) bond motifs is 2. The molecule has 3 heterocycles. The van der Waals surface area contributed by atoms with Crippen LogP contribution < -0.4 is 9.64 Å². The Morgan fingerprint density at radius 2 is 2.09 bits per heavy atom. The number of carbonyl (C=O) groups excluding carboxylic acids is 1. The van der Waals surface area contributed by atoms with E-state index in [-0.39, 0.29) is 24.7 Å². The van der Waals surface area contributed by atoms with E-state index >= 15 is 0 Å². The predicted octanol–water partition coefficient (Wildman–Crippen LogP) is 2.25. The average molecular weight is 301 g/mol. The van der Waals surface area contributed by atoms with Crippen LogP contribution in [0.15, 0.2) is 6.07 Å². The zero-order valence-corrected chi connectivity index (χ0v) is 12.4. The van der Waals surface area contributed by atoms with Gasteiger partial charge in [0, 0.05) is 30.3 Å². The van der Waals surface area contributed by atoms with Crippen molar-refractivity contribution in [1.82, 2.24) is 0 Å². The van der Waals surface area contributed by atoms with Gasteiger partial charge in [-0.05, 0) is 42.9 Å². The molecule has 3 aliphatic rings. The van der Waals surface area contributed by atoms with Gasteiger partial charge in [-0.15, -0.1) is 0 Å². The largest absolute Gasteiger partial charge is 0.481 e. The molecule has 0 spiro atoms. The van der Waals surface area contributed by atoms with Gasteiger partial charge in [0.25, 0.3) is 0 Å². The van der Waals surface area contributed by atoms with Crippen LogP contribution in [0.2, 0.25) is 0 Å². The molecule has 0 bridgehead atoms. The lowest BCUT2D eigenvalue weighted by molar-refractivity contribution is -0.139. The molecule has 0 aromatic heterocycles. The Labute approximate surface area is 128 Å². The molecular weight excluding hydrogens is 282 g/mol. The van der Waals surface area contributed by atoms with Gasteiger partial charge in [0.15, 0.2) is 0 Å². The van der Waals surface area contributed by atoms with E-state index in [9.17, 15) is 9.59 Å². The Morgan fingerprint density at radius 1 is 1.32 bits per heavy atom. The van der Waals surface area contributed by atoms with E-state index in [0.29, 0.717) is 5.75 Å². The lowest BCUT2D eigenvalue weighted by atomic mass is 9.82. The Kier molecular flexibility index (Phi) is 3.10. The molecule has 22 heavy (non-hydrogen) atoms. The molecule has 1 atom stereocenters. The minimum absolute atomic E-state index is 0.00988. The standard InChI is InChI=1S/C17H19NO4/c19-14(20)8-11-9-15(21)22-17-12-4-2-6-18-5-1-3-10(16(12)18)7-13(11)17/h7,11H,1-6,8-9H2,(H,19,20). The van der Waals surface area contributed by atoms with Crippen molar-refractivity contribution in [2.45, 2.75) is 44.4 Å². The van der Waals surface area contributed by atoms with Crippen LogP contribution in [0.1, 0.15) is 48.3 Å². The highest BCUT2D eigenvalue weighted by molar-refractivity contribution is 5.82. The molecule has 5 heteroatoms. The molecule has 1 aromatic rings. The first-order valence-electron chi connectivity index (χ1n) is 7.99. The maximum absolute atomic E-state index is 11.9. The number of hydrogen-bond donors (Lipinski definition) is 1. The molecule has 0 saturated carbocycles. The van der Waals surface area contributed by atoms with Crippen molar-refractivity contribution in [3.8, 4) is 5.75 Å². The number of carboxylic acid groups (broad SMARTS) is 1. The van der Waals surface area contributed by atoms with Crippen molar-refractivity contribution in [3.63, 3.8) is 0 Å². The molecule has 4 rings (SSSR count). The number of hydrogen-bond acceptors (Lipinski definition) is 4. The van der Waals surface area contributed by atoms with E-state index in [4.69, 9.17) is 9.84 Å². The van der Waals surface area contributed by atoms with Crippen molar-refractivity contribution in [2.24, 2.45) is 0 Å². The fourth-order valence-corrected chi connectivity index (χ4v) is 4.14. The van der Waals surface area contributed by atoms with E-state index in [0.717, 1.165) is 49.9 Å². The monoisotopic (exact) mass is 301 g/mol. The zero-order chi connectivity index (χ0) is 15.3. The van der Waals surface area contributed by atoms with Crippen LogP contribution in [-0.4, -0.2) is 30.1 Å². The number of esters is 1. The quantitative estimate of drug-likeness (QED) is 0.670. The molecule has 1 N–H and O–H groups in total. The summed E-state index contributed by atoms with van der Waals surface area (Å²) in [5.74, 6) is -0.762. The first kappa shape index (κ1) is 13.6. The summed E-state index contributed by atoms with van der Waals surface area (Å²) in [5, 5.41) is 9.14. The number of aryl methyl sites for hydroxylation is 1. The van der Waals surface area contributed by atoms with Crippen molar-refractivity contribution < 1.29 is 19.4 Å². The zero-order valence-electron chi connectivity index (χ0n) is 12.4. The van der Waals surface area contributed by atoms with Crippen LogP contribution >= 0.6 is 0 Å². The Balaban J connectivity index is 1.88. The van der Waals surface area contributed by atoms with Gasteiger partial charge in [-0.2, -0.15) is 0 Å². The molecule has 0 amide bonds. The van der Waals surface area contributed by atoms with Gasteiger partial charge in [0.1, 0.15) is 5.75 Å². The summed E-state index contributed by atoms with van der Waals surface area (Å²) in [4.78, 5) is 25.5. The number of carbonyl (C=O) groups is 2. The highest BCUT2D eigenvalue weighted by Crippen LogP contribution is 2.47. The van der Waals surface area contributed by atoms with E-state index in [1.807, 2.05) is 0 Å². The molecule has 0 saturated heterocycles. The number of aliphatic carboxylic acids is 1. The molecule has 1 unspecified atom stereocenters. The average Bonchev–Trinajstić information content (AvgIpc) is 2.48. The number of benzene rings is 1. The molecule has 0 fully saturated rings. The van der Waals surface area contributed by atoms with Crippen molar-refractivity contribution in [3.05, 3.63) is 22.8 Å². The second-order valence-corrected chi connectivity index (χ2v) is 6.45. The number of rotatable bonds is 2. The first-order chi connectivity index (χ1) is 10.6. The molecular formula is C17H19NO4. The van der Waals surface area contributed by atoms with Gasteiger partial charge in [-0.25, -0.2) is 0 Å². The summed E-state index contributed by atoms with van der Waals surface area (Å²) in [6.07, 6.45) is 4.29. The smallest absolute Gasteiger partial charge is 0.311 e. The summed E-state index contributed by atoms with van der Waals surface area (Å²) in [5.41, 5.74) is 4.61. The normalized spacial score (nSPS) is 22.6. The number of anilines is 1. The Hall–Kier alpha value is -2.04. The van der Waals surface area contributed by atoms with Gasteiger partial charge < -0.3 is 14.7 Å². The third-order valence-electron chi connectivity index (χ3n) is 4.99. The summed E-state index contributed by atoms with van der Waals surface area (Å²) in [7, 11) is 0. The third-order valence-corrected chi connectivity index (χ3v) is 4.99. The van der Waals surface area contributed by atoms with Crippen LogP contribution in [0.25, 0.3) is 0 Å². The van der Waals surface area contributed by atoms with E-state index < -0.39 is 5.97 Å². The first-order valence-corrected chi connectivity index (χ1v) is 7.99. The Morgan fingerprint density at radius 3 is 2.86 bits per heavy atom. The summed E-state index contributed by atoms with van der Waals surface area (Å²) in [6.45, 7) is 2.12. The van der Waals surface area contributed by atoms with Crippen LogP contribution in [0, 0.1) is 0 Å². The minimum atomic E-state index is -0.862. The lowest BCUT2D eigenvalue weighted by Crippen LogP contribution is -2.36. The molecule has 5 nitrogen and oxygen atoms in total. The maximum Gasteiger partial charge on any atom is 0.311 e. The van der Waals surface area contributed by atoms with Gasteiger partial charge >= 0.3 is 11.9 Å². The number of ether oxygens (including phenoxy) is 1. The highest BCUT2D eigenvalue weighted by atomic mass is 16.5. The molecule has 0 radical (unpaired) electrons. The lowest BCUT2D eigenvalue weighted by Gasteiger charge is -2.39. The van der Waals surface area contributed by atoms with E-state index in [1.54, 1.807) is 0 Å². The second-order valence-electron chi connectivity index (χ2n) is 6.45. The molecule has 3 aliphatic heterocycles. The van der Waals surface area contributed by atoms with Gasteiger partial charge in [0.05, 0.1) is 12.8 Å². The molecule has 0 aliphatic carbocycles. The summed E-state index contributed by atoms with van der Waals surface area (Å²) < 4.78 is 5.56. The van der Waals surface area contributed by atoms with Crippen LogP contribution in [0.5, 0.6) is 5.75 Å². The Bertz CT molecular complexity index is 665. The highest BCUT2D eigenvalue weighted by Gasteiger charge is 2.35. The molecule has 1 aromatic carbocycles. The third kappa shape index (κ3) is 2.07. The molecule has 116 valence electrons. The fraction of sp³-hybridized carbons (Fsp3) is 0.529. The number of nitrogens with zero attached hydrogens (tertiary/aromatic N) is 1. The van der Waals surface area contributed by atoms with Crippen LogP contribution in [0.4, 0.5) is 5.69 Å². The van der Waals surface area contributed by atoms with E-state index in [1.165, 1.54) is 11.3 Å². The fourth-order valence-electron chi connectivity index (χ4n) is 4.14. The number of carboxylic acids is 1. The van der Waals surface area contributed by atoms with Crippen LogP contribution in [-0.2, 0) is 22.4 Å². The topological polar surface area (TPSA) is 66.8 Å². The van der Waals surface area contributed by atoms with Crippen molar-refractivity contribution in [2.75, 3.05) is 18.0 Å². The minimum Gasteiger partial charge on any atom is -0.481 e. The van der Waals surface area contributed by atoms with Gasteiger partial charge in [0.2, 0.25) is 0 Å².